The third-order valence-corrected chi connectivity index (χ3v) is 2.30. The highest BCUT2D eigenvalue weighted by atomic mass is 16.5. The molecule has 0 bridgehead atoms. The summed E-state index contributed by atoms with van der Waals surface area (Å²) >= 11 is 0. The smallest absolute Gasteiger partial charge is 0.328 e. The lowest BCUT2D eigenvalue weighted by atomic mass is 10.1. The van der Waals surface area contributed by atoms with E-state index < -0.39 is 24.0 Å². The summed E-state index contributed by atoms with van der Waals surface area (Å²) in [6.45, 7) is 3.26. The largest absolute Gasteiger partial charge is 0.467 e. The molecule has 0 aliphatic rings. The Morgan fingerprint density at radius 2 is 1.89 bits per heavy atom. The molecule has 0 aromatic carbocycles. The van der Waals surface area contributed by atoms with Gasteiger partial charge in [-0.3, -0.25) is 9.59 Å². The first-order valence-electron chi connectivity index (χ1n) is 5.77. The number of ether oxygens (including phenoxy) is 1. The van der Waals surface area contributed by atoms with Crippen LogP contribution >= 0.6 is 0 Å². The van der Waals surface area contributed by atoms with Gasteiger partial charge in [-0.05, 0) is 26.3 Å². The molecule has 0 fully saturated rings. The number of carbonyl (C=O) groups excluding carboxylic acids is 3. The second-order valence-electron chi connectivity index (χ2n) is 3.94. The average molecular weight is 259 g/mol. The summed E-state index contributed by atoms with van der Waals surface area (Å²) in [7, 11) is 1.24. The molecule has 0 aliphatic carbocycles. The second-order valence-corrected chi connectivity index (χ2v) is 3.94. The van der Waals surface area contributed by atoms with Gasteiger partial charge in [-0.1, -0.05) is 0 Å². The molecule has 7 heteroatoms. The van der Waals surface area contributed by atoms with E-state index in [9.17, 15) is 14.4 Å². The van der Waals surface area contributed by atoms with Crippen LogP contribution in [0.15, 0.2) is 0 Å². The second kappa shape index (κ2) is 8.46. The van der Waals surface area contributed by atoms with Crippen LogP contribution in [0.25, 0.3) is 0 Å². The highest BCUT2D eigenvalue weighted by molar-refractivity contribution is 5.90. The Hall–Kier alpha value is -1.63. The average Bonchev–Trinajstić information content (AvgIpc) is 2.32. The Bertz CT molecular complexity index is 307. The van der Waals surface area contributed by atoms with Gasteiger partial charge in [0, 0.05) is 6.92 Å². The Kier molecular flexibility index (Phi) is 7.69. The standard InChI is InChI=1S/C11H21N3O4/c1-7(11(17)18-3)13-10(16)9(5-4-6-12)14-8(2)15/h7,9H,4-6,12H2,1-3H3,(H,13,16)(H,14,15)/t7-,9-/m0/s1. The Balaban J connectivity index is 4.44. The number of hydrogen-bond acceptors (Lipinski definition) is 5. The summed E-state index contributed by atoms with van der Waals surface area (Å²) in [6, 6.07) is -1.44. The SMILES string of the molecule is COC(=O)[C@H](C)NC(=O)[C@H](CCCN)NC(C)=O. The van der Waals surface area contributed by atoms with Gasteiger partial charge < -0.3 is 21.1 Å². The molecule has 18 heavy (non-hydrogen) atoms. The third-order valence-electron chi connectivity index (χ3n) is 2.30. The van der Waals surface area contributed by atoms with Crippen LogP contribution in [0.3, 0.4) is 0 Å². The molecule has 0 spiro atoms. The van der Waals surface area contributed by atoms with Crippen LogP contribution in [0, 0.1) is 0 Å². The van der Waals surface area contributed by atoms with Crippen molar-refractivity contribution in [2.24, 2.45) is 5.73 Å². The summed E-state index contributed by atoms with van der Waals surface area (Å²) in [5.74, 6) is -1.27. The molecule has 0 unspecified atom stereocenters. The van der Waals surface area contributed by atoms with Crippen LogP contribution in [0.2, 0.25) is 0 Å². The molecular formula is C11H21N3O4. The first-order chi connectivity index (χ1) is 8.42. The fourth-order valence-corrected chi connectivity index (χ4v) is 1.39. The molecule has 104 valence electrons. The maximum absolute atomic E-state index is 11.8. The van der Waals surface area contributed by atoms with Crippen molar-refractivity contribution < 1.29 is 19.1 Å². The molecule has 0 heterocycles. The summed E-state index contributed by atoms with van der Waals surface area (Å²) in [4.78, 5) is 34.0. The Labute approximate surface area is 106 Å². The van der Waals surface area contributed by atoms with Gasteiger partial charge in [0.1, 0.15) is 12.1 Å². The van der Waals surface area contributed by atoms with E-state index in [1.165, 1.54) is 21.0 Å². The lowest BCUT2D eigenvalue weighted by Gasteiger charge is -2.19. The van der Waals surface area contributed by atoms with Crippen molar-refractivity contribution >= 4 is 17.8 Å². The third kappa shape index (κ3) is 6.19. The number of methoxy groups -OCH3 is 1. The van der Waals surface area contributed by atoms with Crippen LogP contribution in [0.1, 0.15) is 26.7 Å². The highest BCUT2D eigenvalue weighted by Crippen LogP contribution is 1.98. The lowest BCUT2D eigenvalue weighted by Crippen LogP contribution is -2.50. The first kappa shape index (κ1) is 16.4. The van der Waals surface area contributed by atoms with E-state index in [1.54, 1.807) is 0 Å². The fourth-order valence-electron chi connectivity index (χ4n) is 1.39. The summed E-state index contributed by atoms with van der Waals surface area (Å²) < 4.78 is 4.49. The van der Waals surface area contributed by atoms with Crippen LogP contribution in [-0.4, -0.2) is 43.5 Å². The van der Waals surface area contributed by atoms with Gasteiger partial charge in [-0.2, -0.15) is 0 Å². The van der Waals surface area contributed by atoms with E-state index in [4.69, 9.17) is 5.73 Å². The lowest BCUT2D eigenvalue weighted by molar-refractivity contribution is -0.144. The van der Waals surface area contributed by atoms with Crippen molar-refractivity contribution in [3.63, 3.8) is 0 Å². The molecule has 0 aromatic rings. The number of rotatable bonds is 7. The molecule has 0 aliphatic heterocycles. The molecule has 0 saturated heterocycles. The summed E-state index contributed by atoms with van der Waals surface area (Å²) in [6.07, 6.45) is 1.03. The minimum atomic E-state index is -0.753. The van der Waals surface area contributed by atoms with Crippen LogP contribution in [0.5, 0.6) is 0 Å². The number of hydrogen-bond donors (Lipinski definition) is 3. The first-order valence-corrected chi connectivity index (χ1v) is 5.77. The van der Waals surface area contributed by atoms with Gasteiger partial charge in [-0.15, -0.1) is 0 Å². The van der Waals surface area contributed by atoms with E-state index in [2.05, 4.69) is 15.4 Å². The van der Waals surface area contributed by atoms with Gasteiger partial charge in [0.25, 0.3) is 0 Å². The van der Waals surface area contributed by atoms with Gasteiger partial charge >= 0.3 is 5.97 Å². The van der Waals surface area contributed by atoms with Gasteiger partial charge in [0.2, 0.25) is 11.8 Å². The van der Waals surface area contributed by atoms with E-state index >= 15 is 0 Å². The molecule has 0 saturated carbocycles. The molecule has 2 atom stereocenters. The minimum Gasteiger partial charge on any atom is -0.467 e. The molecule has 0 rings (SSSR count). The molecule has 7 nitrogen and oxygen atoms in total. The van der Waals surface area contributed by atoms with Gasteiger partial charge in [-0.25, -0.2) is 4.79 Å². The summed E-state index contributed by atoms with van der Waals surface area (Å²) in [5.41, 5.74) is 5.36. The van der Waals surface area contributed by atoms with Crippen molar-refractivity contribution in [1.82, 2.24) is 10.6 Å². The Morgan fingerprint density at radius 3 is 2.33 bits per heavy atom. The zero-order valence-corrected chi connectivity index (χ0v) is 11.0. The maximum Gasteiger partial charge on any atom is 0.328 e. The number of esters is 1. The predicted octanol–water partition coefficient (Wildman–Crippen LogP) is -1.09. The van der Waals surface area contributed by atoms with Crippen molar-refractivity contribution in [1.29, 1.82) is 0 Å². The number of nitrogens with two attached hydrogens (primary N) is 1. The molecule has 4 N–H and O–H groups in total. The number of carbonyl (C=O) groups is 3. The quantitative estimate of drug-likeness (QED) is 0.503. The molecular weight excluding hydrogens is 238 g/mol. The zero-order valence-electron chi connectivity index (χ0n) is 11.0. The molecule has 0 radical (unpaired) electrons. The van der Waals surface area contributed by atoms with Crippen molar-refractivity contribution in [3.8, 4) is 0 Å². The van der Waals surface area contributed by atoms with Crippen LogP contribution in [0.4, 0.5) is 0 Å². The zero-order chi connectivity index (χ0) is 14.1. The molecule has 2 amide bonds. The van der Waals surface area contributed by atoms with E-state index in [0.29, 0.717) is 19.4 Å². The van der Waals surface area contributed by atoms with E-state index in [0.717, 1.165) is 0 Å². The normalized spacial score (nSPS) is 13.3. The van der Waals surface area contributed by atoms with E-state index in [1.807, 2.05) is 0 Å². The molecule has 0 aromatic heterocycles. The summed E-state index contributed by atoms with van der Waals surface area (Å²) in [5, 5.41) is 4.99. The number of amides is 2. The fraction of sp³-hybridized carbons (Fsp3) is 0.727. The van der Waals surface area contributed by atoms with Crippen molar-refractivity contribution in [3.05, 3.63) is 0 Å². The van der Waals surface area contributed by atoms with Gasteiger partial charge in [0.05, 0.1) is 7.11 Å². The predicted molar refractivity (Wildman–Crippen MR) is 65.5 cm³/mol. The van der Waals surface area contributed by atoms with Crippen LogP contribution in [-0.2, 0) is 19.1 Å². The number of nitrogens with one attached hydrogen (secondary N) is 2. The van der Waals surface area contributed by atoms with Gasteiger partial charge in [0.15, 0.2) is 0 Å². The highest BCUT2D eigenvalue weighted by Gasteiger charge is 2.23. The topological polar surface area (TPSA) is 111 Å². The van der Waals surface area contributed by atoms with Crippen molar-refractivity contribution in [2.75, 3.05) is 13.7 Å². The Morgan fingerprint density at radius 1 is 1.28 bits per heavy atom. The minimum absolute atomic E-state index is 0.308. The van der Waals surface area contributed by atoms with Crippen molar-refractivity contribution in [2.45, 2.75) is 38.8 Å². The monoisotopic (exact) mass is 259 g/mol. The van der Waals surface area contributed by atoms with Crippen LogP contribution < -0.4 is 16.4 Å². The van der Waals surface area contributed by atoms with E-state index in [-0.39, 0.29) is 5.91 Å². The maximum atomic E-state index is 11.8.